The van der Waals surface area contributed by atoms with Gasteiger partial charge in [-0.1, -0.05) is 24.1 Å². The number of nitrogens with two attached hydrogens (primary N) is 1. The highest BCUT2D eigenvalue weighted by Crippen LogP contribution is 2.21. The average Bonchev–Trinajstić information content (AvgIpc) is 2.65. The summed E-state index contributed by atoms with van der Waals surface area (Å²) >= 11 is 5.68. The van der Waals surface area contributed by atoms with E-state index in [2.05, 4.69) is 10.2 Å². The van der Waals surface area contributed by atoms with Gasteiger partial charge in [0.05, 0.1) is 5.02 Å². The van der Waals surface area contributed by atoms with Crippen LogP contribution in [0.5, 0.6) is 0 Å². The fourth-order valence-electron chi connectivity index (χ4n) is 3.25. The molecule has 26 heavy (non-hydrogen) atoms. The van der Waals surface area contributed by atoms with E-state index in [0.717, 1.165) is 30.8 Å². The molecule has 1 saturated heterocycles. The lowest BCUT2D eigenvalue weighted by atomic mass is 10.0. The van der Waals surface area contributed by atoms with E-state index in [-0.39, 0.29) is 10.9 Å². The third-order valence-electron chi connectivity index (χ3n) is 4.71. The van der Waals surface area contributed by atoms with Gasteiger partial charge in [-0.15, -0.1) is 0 Å². The van der Waals surface area contributed by atoms with Crippen molar-refractivity contribution in [3.8, 4) is 0 Å². The summed E-state index contributed by atoms with van der Waals surface area (Å²) in [5.74, 6) is -0.844. The SMILES string of the molecule is NCc1ccc(C(=O)Nc2ccc(Cl)c(F)c2)cc1CN1CCCCC1. The zero-order valence-electron chi connectivity index (χ0n) is 14.6. The van der Waals surface area contributed by atoms with Crippen molar-refractivity contribution < 1.29 is 9.18 Å². The quantitative estimate of drug-likeness (QED) is 0.824. The van der Waals surface area contributed by atoms with Crippen LogP contribution in [0.15, 0.2) is 36.4 Å². The van der Waals surface area contributed by atoms with Crippen molar-refractivity contribution >= 4 is 23.2 Å². The molecule has 3 rings (SSSR count). The van der Waals surface area contributed by atoms with Crippen molar-refractivity contribution in [1.82, 2.24) is 4.90 Å². The Labute approximate surface area is 158 Å². The van der Waals surface area contributed by atoms with Crippen molar-refractivity contribution in [2.24, 2.45) is 5.73 Å². The van der Waals surface area contributed by atoms with Gasteiger partial charge in [0.15, 0.2) is 0 Å². The van der Waals surface area contributed by atoms with Crippen LogP contribution >= 0.6 is 11.6 Å². The fourth-order valence-corrected chi connectivity index (χ4v) is 3.37. The summed E-state index contributed by atoms with van der Waals surface area (Å²) in [4.78, 5) is 14.9. The first kappa shape index (κ1) is 18.8. The second kappa shape index (κ2) is 8.62. The second-order valence-electron chi connectivity index (χ2n) is 6.61. The number of likely N-dealkylation sites (tertiary alicyclic amines) is 1. The van der Waals surface area contributed by atoms with Crippen LogP contribution < -0.4 is 11.1 Å². The Balaban J connectivity index is 1.76. The molecule has 6 heteroatoms. The fraction of sp³-hybridized carbons (Fsp3) is 0.350. The van der Waals surface area contributed by atoms with Crippen LogP contribution in [0.25, 0.3) is 0 Å². The van der Waals surface area contributed by atoms with Crippen LogP contribution in [-0.2, 0) is 13.1 Å². The molecule has 3 N–H and O–H groups in total. The molecule has 4 nitrogen and oxygen atoms in total. The van der Waals surface area contributed by atoms with Crippen molar-refractivity contribution in [2.75, 3.05) is 18.4 Å². The summed E-state index contributed by atoms with van der Waals surface area (Å²) in [6.07, 6.45) is 3.70. The topological polar surface area (TPSA) is 58.4 Å². The zero-order chi connectivity index (χ0) is 18.5. The molecule has 1 aliphatic rings. The lowest BCUT2D eigenvalue weighted by Gasteiger charge is -2.27. The van der Waals surface area contributed by atoms with Crippen molar-refractivity contribution in [1.29, 1.82) is 0 Å². The number of hydrogen-bond acceptors (Lipinski definition) is 3. The molecule has 138 valence electrons. The molecular formula is C20H23ClFN3O. The minimum atomic E-state index is -0.561. The number of amides is 1. The number of piperidine rings is 1. The molecule has 0 atom stereocenters. The van der Waals surface area contributed by atoms with Gasteiger partial charge in [0.25, 0.3) is 5.91 Å². The normalized spacial score (nSPS) is 15.0. The Bertz CT molecular complexity index is 791. The Morgan fingerprint density at radius 3 is 2.58 bits per heavy atom. The number of nitrogens with zero attached hydrogens (tertiary/aromatic N) is 1. The Hall–Kier alpha value is -1.95. The van der Waals surface area contributed by atoms with Gasteiger partial charge in [-0.3, -0.25) is 9.69 Å². The lowest BCUT2D eigenvalue weighted by molar-refractivity contribution is 0.102. The summed E-state index contributed by atoms with van der Waals surface area (Å²) < 4.78 is 13.6. The molecule has 0 saturated carbocycles. The zero-order valence-corrected chi connectivity index (χ0v) is 15.4. The number of carbonyl (C=O) groups is 1. The molecular weight excluding hydrogens is 353 g/mol. The molecule has 0 aromatic heterocycles. The van der Waals surface area contributed by atoms with Gasteiger partial charge < -0.3 is 11.1 Å². The van der Waals surface area contributed by atoms with Gasteiger partial charge >= 0.3 is 0 Å². The number of hydrogen-bond donors (Lipinski definition) is 2. The third kappa shape index (κ3) is 4.61. The molecule has 0 radical (unpaired) electrons. The molecule has 1 fully saturated rings. The van der Waals surface area contributed by atoms with E-state index in [1.165, 1.54) is 31.4 Å². The van der Waals surface area contributed by atoms with E-state index in [1.807, 2.05) is 12.1 Å². The highest BCUT2D eigenvalue weighted by Gasteiger charge is 2.15. The maximum absolute atomic E-state index is 13.6. The number of benzene rings is 2. The van der Waals surface area contributed by atoms with Crippen LogP contribution in [0.2, 0.25) is 5.02 Å². The summed E-state index contributed by atoms with van der Waals surface area (Å²) in [5, 5.41) is 2.74. The molecule has 0 aliphatic carbocycles. The molecule has 2 aromatic carbocycles. The smallest absolute Gasteiger partial charge is 0.255 e. The van der Waals surface area contributed by atoms with Crippen LogP contribution in [0.4, 0.5) is 10.1 Å². The van der Waals surface area contributed by atoms with Gasteiger partial charge in [0.1, 0.15) is 5.82 Å². The van der Waals surface area contributed by atoms with Crippen LogP contribution in [-0.4, -0.2) is 23.9 Å². The summed E-state index contributed by atoms with van der Waals surface area (Å²) in [6.45, 7) is 3.38. The molecule has 0 spiro atoms. The van der Waals surface area contributed by atoms with E-state index >= 15 is 0 Å². The highest BCUT2D eigenvalue weighted by atomic mass is 35.5. The first-order valence-corrected chi connectivity index (χ1v) is 9.25. The Morgan fingerprint density at radius 2 is 1.88 bits per heavy atom. The van der Waals surface area contributed by atoms with Gasteiger partial charge in [-0.2, -0.15) is 0 Å². The number of anilines is 1. The summed E-state index contributed by atoms with van der Waals surface area (Å²) in [7, 11) is 0. The van der Waals surface area contributed by atoms with Crippen LogP contribution in [0, 0.1) is 5.82 Å². The largest absolute Gasteiger partial charge is 0.326 e. The number of nitrogens with one attached hydrogen (secondary N) is 1. The van der Waals surface area contributed by atoms with E-state index in [9.17, 15) is 9.18 Å². The van der Waals surface area contributed by atoms with Crippen molar-refractivity contribution in [2.45, 2.75) is 32.4 Å². The van der Waals surface area contributed by atoms with E-state index in [4.69, 9.17) is 17.3 Å². The first-order valence-electron chi connectivity index (χ1n) is 8.87. The lowest BCUT2D eigenvalue weighted by Crippen LogP contribution is -2.29. The summed E-state index contributed by atoms with van der Waals surface area (Å²) in [5.41, 5.74) is 8.89. The first-order chi connectivity index (χ1) is 12.6. The maximum Gasteiger partial charge on any atom is 0.255 e. The standard InChI is InChI=1S/C20H23ClFN3O/c21-18-7-6-17(11-19(18)22)24-20(26)14-4-5-15(12-23)16(10-14)13-25-8-2-1-3-9-25/h4-7,10-11H,1-3,8-9,12-13,23H2,(H,24,26). The molecule has 1 amide bonds. The molecule has 0 bridgehead atoms. The van der Waals surface area contributed by atoms with E-state index < -0.39 is 5.82 Å². The minimum Gasteiger partial charge on any atom is -0.326 e. The molecule has 2 aromatic rings. The Morgan fingerprint density at radius 1 is 1.12 bits per heavy atom. The maximum atomic E-state index is 13.6. The van der Waals surface area contributed by atoms with E-state index in [1.54, 1.807) is 12.1 Å². The second-order valence-corrected chi connectivity index (χ2v) is 7.01. The van der Waals surface area contributed by atoms with Crippen molar-refractivity contribution in [3.05, 3.63) is 63.9 Å². The average molecular weight is 376 g/mol. The number of halogens is 2. The van der Waals surface area contributed by atoms with Crippen LogP contribution in [0.1, 0.15) is 40.7 Å². The highest BCUT2D eigenvalue weighted by molar-refractivity contribution is 6.30. The minimum absolute atomic E-state index is 0.0270. The monoisotopic (exact) mass is 375 g/mol. The predicted molar refractivity (Wildman–Crippen MR) is 103 cm³/mol. The molecule has 0 unspecified atom stereocenters. The predicted octanol–water partition coefficient (Wildman–Crippen LogP) is 4.18. The van der Waals surface area contributed by atoms with Crippen molar-refractivity contribution in [3.63, 3.8) is 0 Å². The van der Waals surface area contributed by atoms with Gasteiger partial charge in [0, 0.05) is 24.3 Å². The Kier molecular flexibility index (Phi) is 6.25. The molecule has 1 heterocycles. The number of rotatable bonds is 5. The molecule has 1 aliphatic heterocycles. The van der Waals surface area contributed by atoms with Gasteiger partial charge in [-0.05, 0) is 67.4 Å². The summed E-state index contributed by atoms with van der Waals surface area (Å²) in [6, 6.07) is 9.75. The van der Waals surface area contributed by atoms with Crippen LogP contribution in [0.3, 0.4) is 0 Å². The number of carbonyl (C=O) groups excluding carboxylic acids is 1. The third-order valence-corrected chi connectivity index (χ3v) is 5.01. The van der Waals surface area contributed by atoms with Gasteiger partial charge in [-0.25, -0.2) is 4.39 Å². The van der Waals surface area contributed by atoms with E-state index in [0.29, 0.717) is 17.8 Å². The van der Waals surface area contributed by atoms with Gasteiger partial charge in [0.2, 0.25) is 0 Å².